The molecule has 0 unspecified atom stereocenters. The molecule has 0 N–H and O–H groups in total. The minimum Gasteiger partial charge on any atom is -0.467 e. The fourth-order valence-corrected chi connectivity index (χ4v) is 5.32. The van der Waals surface area contributed by atoms with Gasteiger partial charge in [-0.3, -0.25) is 4.79 Å². The summed E-state index contributed by atoms with van der Waals surface area (Å²) in [7, 11) is 0. The van der Waals surface area contributed by atoms with Gasteiger partial charge in [-0.1, -0.05) is 13.3 Å². The van der Waals surface area contributed by atoms with Gasteiger partial charge in [0.25, 0.3) is 0 Å². The molecule has 158 valence electrons. The molecular formula is C24H27NO4S. The molecule has 3 aromatic rings. The monoisotopic (exact) mass is 425 g/mol. The zero-order valence-electron chi connectivity index (χ0n) is 17.7. The van der Waals surface area contributed by atoms with E-state index in [1.54, 1.807) is 6.26 Å². The molecule has 0 spiro atoms. The van der Waals surface area contributed by atoms with Crippen LogP contribution in [0.3, 0.4) is 0 Å². The number of rotatable bonds is 7. The molecule has 0 bridgehead atoms. The summed E-state index contributed by atoms with van der Waals surface area (Å²) in [6.07, 6.45) is 6.06. The van der Waals surface area contributed by atoms with E-state index in [-0.39, 0.29) is 12.4 Å². The van der Waals surface area contributed by atoms with E-state index in [2.05, 4.69) is 6.92 Å². The second-order valence-electron chi connectivity index (χ2n) is 8.03. The lowest BCUT2D eigenvalue weighted by molar-refractivity contribution is 0.0479. The highest BCUT2D eigenvalue weighted by molar-refractivity contribution is 7.14. The summed E-state index contributed by atoms with van der Waals surface area (Å²) in [5.74, 6) is 0.942. The number of hydrogen-bond donors (Lipinski definition) is 0. The first-order valence-electron chi connectivity index (χ1n) is 10.5. The highest BCUT2D eigenvalue weighted by atomic mass is 32.1. The van der Waals surface area contributed by atoms with Crippen LogP contribution in [0.1, 0.15) is 67.4 Å². The van der Waals surface area contributed by atoms with Crippen LogP contribution in [0.4, 0.5) is 0 Å². The number of aryl methyl sites for hydroxylation is 2. The average Bonchev–Trinajstić information content (AvgIpc) is 3.47. The van der Waals surface area contributed by atoms with Crippen LogP contribution >= 0.6 is 11.3 Å². The second-order valence-corrected chi connectivity index (χ2v) is 9.16. The van der Waals surface area contributed by atoms with Gasteiger partial charge in [0.05, 0.1) is 12.8 Å². The molecule has 0 saturated carbocycles. The summed E-state index contributed by atoms with van der Waals surface area (Å²) in [6, 6.07) is 7.57. The Morgan fingerprint density at radius 1 is 1.30 bits per heavy atom. The molecule has 5 nitrogen and oxygen atoms in total. The number of ketones is 1. The highest BCUT2D eigenvalue weighted by Crippen LogP contribution is 2.33. The number of aromatic nitrogens is 1. The Hall–Kier alpha value is -2.60. The number of carbonyl (C=O) groups is 2. The number of esters is 1. The third-order valence-corrected chi connectivity index (χ3v) is 7.28. The van der Waals surface area contributed by atoms with Crippen molar-refractivity contribution in [1.29, 1.82) is 0 Å². The van der Waals surface area contributed by atoms with Gasteiger partial charge in [-0.05, 0) is 68.9 Å². The van der Waals surface area contributed by atoms with Crippen molar-refractivity contribution in [2.75, 3.05) is 6.61 Å². The summed E-state index contributed by atoms with van der Waals surface area (Å²) in [5.41, 5.74) is 3.68. The van der Waals surface area contributed by atoms with Crippen LogP contribution in [-0.4, -0.2) is 22.9 Å². The van der Waals surface area contributed by atoms with Gasteiger partial charge in [-0.2, -0.15) is 0 Å². The number of fused-ring (bicyclic) bond motifs is 1. The van der Waals surface area contributed by atoms with Gasteiger partial charge in [0.15, 0.2) is 6.61 Å². The molecule has 0 fully saturated rings. The fraction of sp³-hybridized carbons (Fsp3) is 0.417. The van der Waals surface area contributed by atoms with Crippen molar-refractivity contribution in [2.45, 2.75) is 53.0 Å². The maximum atomic E-state index is 12.7. The molecule has 0 saturated heterocycles. The number of nitrogens with zero attached hydrogens (tertiary/aromatic N) is 1. The van der Waals surface area contributed by atoms with E-state index in [0.717, 1.165) is 30.0 Å². The molecule has 3 heterocycles. The first kappa shape index (κ1) is 20.7. The van der Waals surface area contributed by atoms with Gasteiger partial charge in [0.2, 0.25) is 5.78 Å². The minimum absolute atomic E-state index is 0.186. The maximum absolute atomic E-state index is 12.7. The van der Waals surface area contributed by atoms with Crippen LogP contribution in [0.5, 0.6) is 0 Å². The van der Waals surface area contributed by atoms with E-state index < -0.39 is 5.97 Å². The Kier molecular flexibility index (Phi) is 5.95. The third-order valence-electron chi connectivity index (χ3n) is 6.07. The summed E-state index contributed by atoms with van der Waals surface area (Å²) < 4.78 is 12.8. The Morgan fingerprint density at radius 3 is 2.87 bits per heavy atom. The second kappa shape index (κ2) is 8.64. The van der Waals surface area contributed by atoms with Crippen molar-refractivity contribution in [2.24, 2.45) is 5.92 Å². The minimum atomic E-state index is -0.403. The molecule has 1 atom stereocenters. The average molecular weight is 426 g/mol. The van der Waals surface area contributed by atoms with Gasteiger partial charge >= 0.3 is 5.97 Å². The van der Waals surface area contributed by atoms with E-state index in [1.807, 2.05) is 42.7 Å². The van der Waals surface area contributed by atoms with Crippen molar-refractivity contribution in [3.8, 4) is 0 Å². The lowest BCUT2D eigenvalue weighted by Crippen LogP contribution is -2.14. The number of hydrogen-bond acceptors (Lipinski definition) is 5. The SMILES string of the molecule is CC[C@@H]1CCc2sc(C(=O)OCC(=O)c3cc(C)n(Cc4ccco4)c3C)cc2C1. The number of carbonyl (C=O) groups excluding carboxylic acids is 2. The van der Waals surface area contributed by atoms with Crippen LogP contribution in [0.15, 0.2) is 34.9 Å². The molecule has 0 aliphatic heterocycles. The Bertz CT molecular complexity index is 1060. The van der Waals surface area contributed by atoms with E-state index in [4.69, 9.17) is 9.15 Å². The zero-order valence-corrected chi connectivity index (χ0v) is 18.5. The van der Waals surface area contributed by atoms with Crippen LogP contribution in [-0.2, 0) is 24.1 Å². The lowest BCUT2D eigenvalue weighted by Gasteiger charge is -2.19. The number of ether oxygens (including phenoxy) is 1. The molecular weight excluding hydrogens is 398 g/mol. The first-order chi connectivity index (χ1) is 14.5. The zero-order chi connectivity index (χ0) is 21.3. The molecule has 6 heteroatoms. The molecule has 0 amide bonds. The van der Waals surface area contributed by atoms with Crippen molar-refractivity contribution in [3.63, 3.8) is 0 Å². The van der Waals surface area contributed by atoms with Crippen LogP contribution in [0.2, 0.25) is 0 Å². The predicted molar refractivity (Wildman–Crippen MR) is 116 cm³/mol. The molecule has 3 aromatic heterocycles. The number of furan rings is 1. The van der Waals surface area contributed by atoms with Crippen molar-refractivity contribution < 1.29 is 18.7 Å². The summed E-state index contributed by atoms with van der Waals surface area (Å²) in [5, 5.41) is 0. The maximum Gasteiger partial charge on any atom is 0.348 e. The van der Waals surface area contributed by atoms with Gasteiger partial charge in [-0.25, -0.2) is 4.79 Å². The quantitative estimate of drug-likeness (QED) is 0.377. The van der Waals surface area contributed by atoms with E-state index in [0.29, 0.717) is 22.9 Å². The van der Waals surface area contributed by atoms with Crippen LogP contribution < -0.4 is 0 Å². The Morgan fingerprint density at radius 2 is 2.13 bits per heavy atom. The van der Waals surface area contributed by atoms with Gasteiger partial charge < -0.3 is 13.7 Å². The van der Waals surface area contributed by atoms with Crippen LogP contribution in [0.25, 0.3) is 0 Å². The standard InChI is InChI=1S/C24H27NO4S/c1-4-17-7-8-22-18(11-17)12-23(30-22)24(27)29-14-21(26)20-10-15(2)25(16(20)3)13-19-6-5-9-28-19/h5-6,9-10,12,17H,4,7-8,11,13-14H2,1-3H3/t17-/m1/s1. The number of Topliss-reactive ketones (excluding diaryl/α,β-unsaturated/α-hetero) is 1. The van der Waals surface area contributed by atoms with Gasteiger partial charge in [-0.15, -0.1) is 11.3 Å². The van der Waals surface area contributed by atoms with Crippen molar-refractivity contribution >= 4 is 23.1 Å². The predicted octanol–water partition coefficient (Wildman–Crippen LogP) is 5.36. The summed E-state index contributed by atoms with van der Waals surface area (Å²) >= 11 is 1.51. The lowest BCUT2D eigenvalue weighted by atomic mass is 9.87. The van der Waals surface area contributed by atoms with Crippen molar-refractivity contribution in [1.82, 2.24) is 4.57 Å². The van der Waals surface area contributed by atoms with Crippen LogP contribution in [0, 0.1) is 19.8 Å². The normalized spacial score (nSPS) is 15.8. The Labute approximate surface area is 180 Å². The summed E-state index contributed by atoms with van der Waals surface area (Å²) in [4.78, 5) is 27.2. The van der Waals surface area contributed by atoms with Crippen molar-refractivity contribution in [3.05, 3.63) is 68.6 Å². The molecule has 30 heavy (non-hydrogen) atoms. The molecule has 0 aromatic carbocycles. The van der Waals surface area contributed by atoms with E-state index in [1.165, 1.54) is 34.6 Å². The smallest absolute Gasteiger partial charge is 0.348 e. The highest BCUT2D eigenvalue weighted by Gasteiger charge is 2.24. The topological polar surface area (TPSA) is 61.4 Å². The third kappa shape index (κ3) is 4.15. The fourth-order valence-electron chi connectivity index (χ4n) is 4.21. The molecule has 0 radical (unpaired) electrons. The molecule has 1 aliphatic carbocycles. The van der Waals surface area contributed by atoms with E-state index in [9.17, 15) is 9.59 Å². The molecule has 1 aliphatic rings. The van der Waals surface area contributed by atoms with Gasteiger partial charge in [0, 0.05) is 21.8 Å². The first-order valence-corrected chi connectivity index (χ1v) is 11.3. The van der Waals surface area contributed by atoms with E-state index >= 15 is 0 Å². The summed E-state index contributed by atoms with van der Waals surface area (Å²) in [6.45, 7) is 6.40. The largest absolute Gasteiger partial charge is 0.467 e. The number of thiophene rings is 1. The van der Waals surface area contributed by atoms with Gasteiger partial charge in [0.1, 0.15) is 10.6 Å². The molecule has 4 rings (SSSR count). The Balaban J connectivity index is 1.40.